The van der Waals surface area contributed by atoms with Gasteiger partial charge in [-0.25, -0.2) is 0 Å². The van der Waals surface area contributed by atoms with Gasteiger partial charge in [0, 0.05) is 31.3 Å². The summed E-state index contributed by atoms with van der Waals surface area (Å²) >= 11 is 1.93. The monoisotopic (exact) mass is 244 g/mol. The second kappa shape index (κ2) is 5.41. The maximum absolute atomic E-state index is 12.0. The number of nitrogens with zero attached hydrogens (tertiary/aromatic N) is 1. The van der Waals surface area contributed by atoms with Crippen LogP contribution in [-0.2, 0) is 4.79 Å². The van der Waals surface area contributed by atoms with Crippen LogP contribution in [0.5, 0.6) is 0 Å². The predicted octanol–water partition coefficient (Wildman–Crippen LogP) is 1.71. The Morgan fingerprint density at radius 3 is 2.62 bits per heavy atom. The minimum atomic E-state index is -0.0588. The molecular formula is C12H24N2OS. The second-order valence-corrected chi connectivity index (χ2v) is 6.85. The van der Waals surface area contributed by atoms with Crippen LogP contribution < -0.4 is 5.73 Å². The van der Waals surface area contributed by atoms with Gasteiger partial charge in [-0.1, -0.05) is 20.8 Å². The first-order valence-electron chi connectivity index (χ1n) is 5.91. The summed E-state index contributed by atoms with van der Waals surface area (Å²) in [5.41, 5.74) is 6.04. The van der Waals surface area contributed by atoms with Crippen LogP contribution >= 0.6 is 11.8 Å². The van der Waals surface area contributed by atoms with Crippen molar-refractivity contribution >= 4 is 17.7 Å². The smallest absolute Gasteiger partial charge is 0.224 e. The summed E-state index contributed by atoms with van der Waals surface area (Å²) < 4.78 is 0. The summed E-state index contributed by atoms with van der Waals surface area (Å²) in [5.74, 6) is 2.44. The van der Waals surface area contributed by atoms with Crippen LogP contribution in [0.3, 0.4) is 0 Å². The van der Waals surface area contributed by atoms with Crippen LogP contribution in [0, 0.1) is 5.41 Å². The van der Waals surface area contributed by atoms with Crippen molar-refractivity contribution < 1.29 is 4.79 Å². The quantitative estimate of drug-likeness (QED) is 0.822. The van der Waals surface area contributed by atoms with E-state index < -0.39 is 0 Å². The fourth-order valence-electron chi connectivity index (χ4n) is 1.67. The molecule has 0 aromatic carbocycles. The summed E-state index contributed by atoms with van der Waals surface area (Å²) in [4.78, 5) is 13.9. The molecule has 0 saturated carbocycles. The van der Waals surface area contributed by atoms with Gasteiger partial charge in [0.2, 0.25) is 5.91 Å². The topological polar surface area (TPSA) is 46.3 Å². The molecule has 2 unspecified atom stereocenters. The Morgan fingerprint density at radius 2 is 2.19 bits per heavy atom. The van der Waals surface area contributed by atoms with Crippen LogP contribution in [-0.4, -0.2) is 41.4 Å². The highest BCUT2D eigenvalue weighted by Crippen LogP contribution is 2.24. The van der Waals surface area contributed by atoms with Crippen LogP contribution in [0.25, 0.3) is 0 Å². The Balaban J connectivity index is 2.45. The lowest BCUT2D eigenvalue weighted by Crippen LogP contribution is -2.43. The first kappa shape index (κ1) is 13.8. The minimum Gasteiger partial charge on any atom is -0.342 e. The van der Waals surface area contributed by atoms with Gasteiger partial charge in [0.1, 0.15) is 0 Å². The molecule has 2 atom stereocenters. The molecule has 1 aliphatic rings. The molecule has 94 valence electrons. The zero-order valence-electron chi connectivity index (χ0n) is 10.8. The number of carbonyl (C=O) groups excluding carboxylic acids is 1. The van der Waals surface area contributed by atoms with E-state index in [0.29, 0.717) is 12.5 Å². The third-order valence-electron chi connectivity index (χ3n) is 3.35. The van der Waals surface area contributed by atoms with Gasteiger partial charge in [-0.3, -0.25) is 4.79 Å². The summed E-state index contributed by atoms with van der Waals surface area (Å²) in [5, 5.41) is 0. The Bertz CT molecular complexity index is 244. The molecule has 1 amide bonds. The molecule has 4 heteroatoms. The number of hydrogen-bond donors (Lipinski definition) is 1. The highest BCUT2D eigenvalue weighted by atomic mass is 32.2. The number of nitrogens with two attached hydrogens (primary N) is 1. The first-order valence-corrected chi connectivity index (χ1v) is 7.07. The lowest BCUT2D eigenvalue weighted by Gasteiger charge is -2.30. The molecule has 0 radical (unpaired) electrons. The van der Waals surface area contributed by atoms with Gasteiger partial charge < -0.3 is 10.6 Å². The number of thioether (sulfide) groups is 1. The molecule has 3 nitrogen and oxygen atoms in total. The van der Waals surface area contributed by atoms with E-state index in [1.165, 1.54) is 5.75 Å². The largest absolute Gasteiger partial charge is 0.342 e. The first-order chi connectivity index (χ1) is 7.32. The van der Waals surface area contributed by atoms with Crippen LogP contribution in [0.15, 0.2) is 0 Å². The number of rotatable bonds is 3. The van der Waals surface area contributed by atoms with Crippen LogP contribution in [0.4, 0.5) is 0 Å². The van der Waals surface area contributed by atoms with E-state index in [4.69, 9.17) is 5.73 Å². The van der Waals surface area contributed by atoms with Gasteiger partial charge in [-0.2, -0.15) is 11.8 Å². The van der Waals surface area contributed by atoms with Crippen molar-refractivity contribution in [2.75, 3.05) is 18.6 Å². The highest BCUT2D eigenvalue weighted by Gasteiger charge is 2.28. The van der Waals surface area contributed by atoms with Crippen molar-refractivity contribution in [3.8, 4) is 0 Å². The molecule has 16 heavy (non-hydrogen) atoms. The highest BCUT2D eigenvalue weighted by molar-refractivity contribution is 7.99. The Hall–Kier alpha value is -0.220. The normalized spacial score (nSPS) is 23.2. The van der Waals surface area contributed by atoms with E-state index >= 15 is 0 Å². The second-order valence-electron chi connectivity index (χ2n) is 5.70. The van der Waals surface area contributed by atoms with Crippen LogP contribution in [0.1, 0.15) is 33.6 Å². The van der Waals surface area contributed by atoms with E-state index in [-0.39, 0.29) is 17.4 Å². The summed E-state index contributed by atoms with van der Waals surface area (Å²) in [6.45, 7) is 6.24. The molecule has 0 aliphatic carbocycles. The molecule has 1 rings (SSSR count). The van der Waals surface area contributed by atoms with Gasteiger partial charge in [0.05, 0.1) is 0 Å². The van der Waals surface area contributed by atoms with Crippen molar-refractivity contribution in [3.05, 3.63) is 0 Å². The zero-order valence-corrected chi connectivity index (χ0v) is 11.6. The zero-order chi connectivity index (χ0) is 12.3. The van der Waals surface area contributed by atoms with Gasteiger partial charge in [-0.15, -0.1) is 0 Å². The Kier molecular flexibility index (Phi) is 4.68. The molecule has 0 aromatic heterocycles. The standard InChI is InChI=1S/C12H24N2OS/c1-12(2,3)10(13)7-11(15)14(4)9-5-6-16-8-9/h9-10H,5-8,13H2,1-4H3. The molecule has 1 fully saturated rings. The maximum Gasteiger partial charge on any atom is 0.224 e. The van der Waals surface area contributed by atoms with Crippen molar-refractivity contribution in [2.45, 2.75) is 45.7 Å². The molecule has 0 aromatic rings. The van der Waals surface area contributed by atoms with Crippen molar-refractivity contribution in [3.63, 3.8) is 0 Å². The van der Waals surface area contributed by atoms with Gasteiger partial charge in [0.25, 0.3) is 0 Å². The molecule has 0 spiro atoms. The Morgan fingerprint density at radius 1 is 1.56 bits per heavy atom. The third-order valence-corrected chi connectivity index (χ3v) is 4.50. The average Bonchev–Trinajstić information content (AvgIpc) is 2.67. The fourth-order valence-corrected chi connectivity index (χ4v) is 2.94. The van der Waals surface area contributed by atoms with Gasteiger partial charge in [-0.05, 0) is 17.6 Å². The van der Waals surface area contributed by atoms with Crippen LogP contribution in [0.2, 0.25) is 0 Å². The molecule has 1 aliphatic heterocycles. The van der Waals surface area contributed by atoms with E-state index in [0.717, 1.165) is 12.2 Å². The molecule has 2 N–H and O–H groups in total. The van der Waals surface area contributed by atoms with Crippen molar-refractivity contribution in [2.24, 2.45) is 11.1 Å². The minimum absolute atomic E-state index is 0.000919. The summed E-state index contributed by atoms with van der Waals surface area (Å²) in [7, 11) is 1.91. The Labute approximate surface area is 103 Å². The summed E-state index contributed by atoms with van der Waals surface area (Å²) in [6, 6.07) is 0.362. The number of hydrogen-bond acceptors (Lipinski definition) is 3. The van der Waals surface area contributed by atoms with Gasteiger partial charge >= 0.3 is 0 Å². The summed E-state index contributed by atoms with van der Waals surface area (Å²) in [6.07, 6.45) is 1.58. The molecule has 1 saturated heterocycles. The lowest BCUT2D eigenvalue weighted by molar-refractivity contribution is -0.132. The van der Waals surface area contributed by atoms with E-state index in [1.807, 2.05) is 23.7 Å². The SMILES string of the molecule is CN(C(=O)CC(N)C(C)(C)C)C1CCSC1. The molecule has 0 bridgehead atoms. The van der Waals surface area contributed by atoms with E-state index in [9.17, 15) is 4.79 Å². The van der Waals surface area contributed by atoms with Crippen molar-refractivity contribution in [1.82, 2.24) is 4.90 Å². The number of amides is 1. The third kappa shape index (κ3) is 3.67. The van der Waals surface area contributed by atoms with E-state index in [1.54, 1.807) is 0 Å². The van der Waals surface area contributed by atoms with E-state index in [2.05, 4.69) is 20.8 Å². The molecule has 1 heterocycles. The predicted molar refractivity (Wildman–Crippen MR) is 70.5 cm³/mol. The number of carbonyl (C=O) groups is 1. The maximum atomic E-state index is 12.0. The van der Waals surface area contributed by atoms with Crippen molar-refractivity contribution in [1.29, 1.82) is 0 Å². The average molecular weight is 244 g/mol. The molecular weight excluding hydrogens is 220 g/mol. The lowest BCUT2D eigenvalue weighted by atomic mass is 9.85. The van der Waals surface area contributed by atoms with Gasteiger partial charge in [0.15, 0.2) is 0 Å². The fraction of sp³-hybridized carbons (Fsp3) is 0.917.